The molecule has 2 bridgehead atoms. The molecule has 2 fully saturated rings. The summed E-state index contributed by atoms with van der Waals surface area (Å²) in [6.45, 7) is 12.3. The van der Waals surface area contributed by atoms with Gasteiger partial charge in [-0.3, -0.25) is 19.1 Å². The van der Waals surface area contributed by atoms with E-state index in [1.165, 1.54) is 29.5 Å². The minimum absolute atomic E-state index is 0.101. The van der Waals surface area contributed by atoms with E-state index in [1.807, 2.05) is 26.0 Å². The molecule has 54 heavy (non-hydrogen) atoms. The maximum Gasteiger partial charge on any atom is 0.433 e. The summed E-state index contributed by atoms with van der Waals surface area (Å²) in [5.41, 5.74) is 1.79. The van der Waals surface area contributed by atoms with Crippen molar-refractivity contribution in [1.29, 1.82) is 0 Å². The van der Waals surface area contributed by atoms with E-state index < -0.39 is 41.2 Å². The van der Waals surface area contributed by atoms with Gasteiger partial charge in [0.25, 0.3) is 0 Å². The van der Waals surface area contributed by atoms with Crippen molar-refractivity contribution in [3.8, 4) is 0 Å². The fourth-order valence-electron chi connectivity index (χ4n) is 7.89. The highest BCUT2D eigenvalue weighted by molar-refractivity contribution is 6.07. The zero-order valence-electron chi connectivity index (χ0n) is 30.9. The first-order valence-electron chi connectivity index (χ1n) is 18.0. The molecule has 1 saturated heterocycles. The Hall–Kier alpha value is -5.41. The van der Waals surface area contributed by atoms with Gasteiger partial charge < -0.3 is 20.9 Å². The summed E-state index contributed by atoms with van der Waals surface area (Å²) in [5, 5.41) is 13.6. The summed E-state index contributed by atoms with van der Waals surface area (Å²) in [4.78, 5) is 67.8. The number of hydrogen-bond donors (Lipinski definition) is 3. The molecule has 0 spiro atoms. The van der Waals surface area contributed by atoms with E-state index in [0.717, 1.165) is 42.0 Å². The van der Waals surface area contributed by atoms with E-state index in [1.54, 1.807) is 13.1 Å². The van der Waals surface area contributed by atoms with Gasteiger partial charge in [-0.15, -0.1) is 0 Å². The number of amidine groups is 1. The number of amides is 4. The topological polar surface area (TPSA) is 163 Å². The van der Waals surface area contributed by atoms with Gasteiger partial charge in [-0.1, -0.05) is 19.4 Å². The number of carbonyl (C=O) groups is 4. The Morgan fingerprint density at radius 1 is 1.11 bits per heavy atom. The van der Waals surface area contributed by atoms with Crippen LogP contribution in [0.15, 0.2) is 40.5 Å². The third kappa shape index (κ3) is 7.37. The standard InChI is InChI=1S/C38H44F3N9O4/c1-20-11-12-29(38(39,40)41)46-34(20)47-35(53)28-16-37-19-45-36(54)43-13-9-7-8-10-25-14-26(21(2)17-44-24(5)42-6)15-27-31(23(4)51)48-49(32(25)27)18-30(52)50(28)33(37)22(37)3/h11-12,14-15,17,22,28,33H,6-10,13,16,18-19H2,1-5H3,(H2,43,45,54)(H,46,47,53)/b21-17+,44-24-/t22-,28-,33+,37+/m0/s1. The summed E-state index contributed by atoms with van der Waals surface area (Å²) in [5.74, 6) is -1.31. The number of rotatable bonds is 5. The Kier molecular flexibility index (Phi) is 10.5. The lowest BCUT2D eigenvalue weighted by Gasteiger charge is -2.28. The Morgan fingerprint density at radius 2 is 1.87 bits per heavy atom. The van der Waals surface area contributed by atoms with E-state index in [0.29, 0.717) is 35.3 Å². The van der Waals surface area contributed by atoms with Gasteiger partial charge in [0, 0.05) is 43.1 Å². The predicted octanol–water partition coefficient (Wildman–Crippen LogP) is 5.71. The highest BCUT2D eigenvalue weighted by atomic mass is 19.4. The second-order valence-corrected chi connectivity index (χ2v) is 14.5. The molecule has 6 rings (SSSR count). The van der Waals surface area contributed by atoms with Gasteiger partial charge in [0.15, 0.2) is 5.78 Å². The molecule has 13 nitrogen and oxygen atoms in total. The second kappa shape index (κ2) is 14.8. The quantitative estimate of drug-likeness (QED) is 0.172. The van der Waals surface area contributed by atoms with Crippen LogP contribution in [0.1, 0.15) is 86.3 Å². The van der Waals surface area contributed by atoms with Gasteiger partial charge in [0.2, 0.25) is 11.8 Å². The van der Waals surface area contributed by atoms with Crippen LogP contribution in [0.4, 0.5) is 23.8 Å². The van der Waals surface area contributed by atoms with Gasteiger partial charge in [-0.25, -0.2) is 19.8 Å². The van der Waals surface area contributed by atoms with Crippen molar-refractivity contribution < 1.29 is 32.3 Å². The van der Waals surface area contributed by atoms with Crippen molar-refractivity contribution in [1.82, 2.24) is 30.3 Å². The Morgan fingerprint density at radius 3 is 2.57 bits per heavy atom. The van der Waals surface area contributed by atoms with E-state index in [4.69, 9.17) is 0 Å². The number of urea groups is 1. The summed E-state index contributed by atoms with van der Waals surface area (Å²) in [7, 11) is 0. The first-order valence-corrected chi connectivity index (χ1v) is 18.0. The minimum atomic E-state index is -4.73. The average Bonchev–Trinajstić information content (AvgIpc) is 3.38. The zero-order valence-corrected chi connectivity index (χ0v) is 30.9. The SMILES string of the molecule is C=N/C(C)=N\C=C(/C)c1cc2c3c(c1)c(C(C)=O)nn3CC(=O)N1[C@H](C(=O)Nc3nc(C(F)(F)F)ccc3C)C[C@@]3(CNC(=O)NCCCCC2)[C@@H](C)[C@@H]13. The number of hydrogen-bond acceptors (Lipinski definition) is 7. The lowest BCUT2D eigenvalue weighted by Crippen LogP contribution is -2.47. The normalized spacial score (nSPS) is 24.0. The highest BCUT2D eigenvalue weighted by Gasteiger charge is 2.72. The number of aromatic nitrogens is 3. The largest absolute Gasteiger partial charge is 0.433 e. The number of aliphatic imine (C=N–C) groups is 2. The van der Waals surface area contributed by atoms with Crippen LogP contribution < -0.4 is 16.0 Å². The summed E-state index contributed by atoms with van der Waals surface area (Å²) in [6, 6.07) is 4.02. The number of benzene rings is 1. The molecule has 2 aromatic heterocycles. The molecular weight excluding hydrogens is 703 g/mol. The maximum absolute atomic E-state index is 14.6. The minimum Gasteiger partial charge on any atom is -0.338 e. The van der Waals surface area contributed by atoms with Crippen LogP contribution in [-0.4, -0.2) is 81.0 Å². The number of ketones is 1. The number of aryl methyl sites for hydroxylation is 2. The number of Topliss-reactive ketones (excluding diaryl/α,β-unsaturated/α-hetero) is 1. The fraction of sp³-hybridized carbons (Fsp3) is 0.474. The molecule has 3 aromatic rings. The van der Waals surface area contributed by atoms with Crippen molar-refractivity contribution in [2.24, 2.45) is 21.3 Å². The number of allylic oxidation sites excluding steroid dienone is 1. The first kappa shape index (κ1) is 38.3. The van der Waals surface area contributed by atoms with Gasteiger partial charge in [-0.05, 0) is 99.6 Å². The molecule has 1 aromatic carbocycles. The van der Waals surface area contributed by atoms with Crippen LogP contribution in [0.2, 0.25) is 0 Å². The first-order chi connectivity index (χ1) is 25.5. The Balaban J connectivity index is 1.42. The monoisotopic (exact) mass is 747 g/mol. The number of pyridine rings is 1. The molecule has 4 heterocycles. The molecule has 2 aliphatic heterocycles. The van der Waals surface area contributed by atoms with E-state index >= 15 is 0 Å². The van der Waals surface area contributed by atoms with Gasteiger partial charge in [-0.2, -0.15) is 18.3 Å². The molecule has 0 unspecified atom stereocenters. The third-order valence-corrected chi connectivity index (χ3v) is 10.9. The van der Waals surface area contributed by atoms with Gasteiger partial charge >= 0.3 is 12.2 Å². The third-order valence-electron chi connectivity index (χ3n) is 10.9. The molecule has 286 valence electrons. The van der Waals surface area contributed by atoms with Gasteiger partial charge in [0.05, 0.1) is 5.52 Å². The number of nitrogens with zero attached hydrogens (tertiary/aromatic N) is 6. The lowest BCUT2D eigenvalue weighted by atomic mass is 9.95. The van der Waals surface area contributed by atoms with Crippen LogP contribution in [0.3, 0.4) is 0 Å². The Bertz CT molecular complexity index is 2110. The molecule has 4 amide bonds. The van der Waals surface area contributed by atoms with Crippen LogP contribution in [0.5, 0.6) is 0 Å². The van der Waals surface area contributed by atoms with Crippen molar-refractivity contribution >= 4 is 58.5 Å². The number of anilines is 1. The number of carbonyl (C=O) groups excluding carboxylic acids is 4. The molecule has 0 radical (unpaired) electrons. The number of halogens is 3. The number of piperidine rings is 1. The maximum atomic E-state index is 14.6. The molecule has 1 saturated carbocycles. The van der Waals surface area contributed by atoms with Crippen molar-refractivity contribution in [2.75, 3.05) is 18.4 Å². The van der Waals surface area contributed by atoms with Crippen LogP contribution in [0, 0.1) is 18.3 Å². The van der Waals surface area contributed by atoms with Crippen LogP contribution in [-0.2, 0) is 28.7 Å². The highest BCUT2D eigenvalue weighted by Crippen LogP contribution is 2.64. The molecule has 3 aliphatic rings. The summed E-state index contributed by atoms with van der Waals surface area (Å²) in [6.07, 6.45) is -0.0437. The Labute approximate surface area is 310 Å². The summed E-state index contributed by atoms with van der Waals surface area (Å²) >= 11 is 0. The lowest BCUT2D eigenvalue weighted by molar-refractivity contribution is -0.141. The molecular formula is C38H44F3N9O4. The van der Waals surface area contributed by atoms with E-state index in [-0.39, 0.29) is 48.8 Å². The fourth-order valence-corrected chi connectivity index (χ4v) is 7.89. The summed E-state index contributed by atoms with van der Waals surface area (Å²) < 4.78 is 42.1. The van der Waals surface area contributed by atoms with Crippen molar-refractivity contribution in [3.63, 3.8) is 0 Å². The van der Waals surface area contributed by atoms with Gasteiger partial charge in [0.1, 0.15) is 35.6 Å². The van der Waals surface area contributed by atoms with Crippen LogP contribution >= 0.6 is 0 Å². The average molecular weight is 748 g/mol. The van der Waals surface area contributed by atoms with Crippen molar-refractivity contribution in [2.45, 2.75) is 91.5 Å². The van der Waals surface area contributed by atoms with E-state index in [2.05, 4.69) is 42.7 Å². The van der Waals surface area contributed by atoms with Crippen molar-refractivity contribution in [3.05, 3.63) is 58.5 Å². The zero-order chi connectivity index (χ0) is 39.1. The second-order valence-electron chi connectivity index (χ2n) is 14.5. The molecule has 16 heteroatoms. The van der Waals surface area contributed by atoms with E-state index in [9.17, 15) is 32.3 Å². The predicted molar refractivity (Wildman–Crippen MR) is 198 cm³/mol. The van der Waals surface area contributed by atoms with Crippen LogP contribution in [0.25, 0.3) is 16.5 Å². The number of nitrogens with one attached hydrogen (secondary N) is 3. The number of alkyl halides is 3. The molecule has 1 aliphatic carbocycles. The molecule has 3 N–H and O–H groups in total. The molecule has 4 atom stereocenters. The smallest absolute Gasteiger partial charge is 0.338 e.